The maximum atomic E-state index is 13.3. The largest absolute Gasteiger partial charge is 0.373 e. The standard InChI is InChI=1S/C22H24N2O3/c1-26-22-11-14-13-6-9-27-17-10-18(25)24-16-5-3-2-4-15(16)21(22,20(24)19(14)17)7-8-23(22)12-13/h2-6,14,17,19-20H,7-12H2,1H3/t14-,17-,19-,20-,21?,22+/m0/s1. The molecule has 1 saturated carbocycles. The Kier molecular flexibility index (Phi) is 2.63. The van der Waals surface area contributed by atoms with Crippen LogP contribution in [0.4, 0.5) is 5.69 Å². The smallest absolute Gasteiger partial charge is 0.229 e. The van der Waals surface area contributed by atoms with Crippen LogP contribution in [-0.4, -0.2) is 55.5 Å². The van der Waals surface area contributed by atoms with E-state index in [9.17, 15) is 4.79 Å². The Hall–Kier alpha value is -1.69. The van der Waals surface area contributed by atoms with Crippen molar-refractivity contribution in [2.75, 3.05) is 31.7 Å². The quantitative estimate of drug-likeness (QED) is 0.716. The van der Waals surface area contributed by atoms with E-state index in [-0.39, 0.29) is 29.2 Å². The number of fused-ring (bicyclic) bond motifs is 2. The van der Waals surface area contributed by atoms with Gasteiger partial charge in [0, 0.05) is 31.8 Å². The van der Waals surface area contributed by atoms with E-state index >= 15 is 0 Å². The van der Waals surface area contributed by atoms with Gasteiger partial charge < -0.3 is 14.4 Å². The van der Waals surface area contributed by atoms with Crippen LogP contribution in [-0.2, 0) is 19.7 Å². The molecule has 7 rings (SSSR count). The van der Waals surface area contributed by atoms with Crippen molar-refractivity contribution in [3.05, 3.63) is 41.5 Å². The van der Waals surface area contributed by atoms with Gasteiger partial charge in [-0.1, -0.05) is 29.8 Å². The maximum absolute atomic E-state index is 13.3. The minimum atomic E-state index is -0.312. The van der Waals surface area contributed by atoms with Gasteiger partial charge in [0.05, 0.1) is 30.6 Å². The van der Waals surface area contributed by atoms with Gasteiger partial charge in [0.2, 0.25) is 5.91 Å². The molecule has 1 aliphatic carbocycles. The SMILES string of the molecule is CO[C@]12C[C@H]3C4=CCO[C@H]5CC(=O)N6c7ccccc7C1(CCN2C4)[C@@H]6[C@H]53. The van der Waals surface area contributed by atoms with Gasteiger partial charge in [-0.05, 0) is 30.4 Å². The fraction of sp³-hybridized carbons (Fsp3) is 0.591. The zero-order chi connectivity index (χ0) is 18.0. The minimum Gasteiger partial charge on any atom is -0.373 e. The van der Waals surface area contributed by atoms with Crippen LogP contribution in [0, 0.1) is 11.8 Å². The first-order valence-corrected chi connectivity index (χ1v) is 10.2. The minimum absolute atomic E-state index is 0.0330. The van der Waals surface area contributed by atoms with Crippen LogP contribution in [0.25, 0.3) is 0 Å². The summed E-state index contributed by atoms with van der Waals surface area (Å²) in [4.78, 5) is 18.0. The number of nitrogens with zero attached hydrogens (tertiary/aromatic N) is 2. The van der Waals surface area contributed by atoms with Gasteiger partial charge in [0.1, 0.15) is 5.72 Å². The van der Waals surface area contributed by atoms with Gasteiger partial charge in [-0.3, -0.25) is 9.69 Å². The summed E-state index contributed by atoms with van der Waals surface area (Å²) in [6, 6.07) is 8.74. The molecule has 0 radical (unpaired) electrons. The number of para-hydroxylation sites is 1. The highest BCUT2D eigenvalue weighted by Gasteiger charge is 2.77. The number of anilines is 1. The summed E-state index contributed by atoms with van der Waals surface area (Å²) >= 11 is 0. The van der Waals surface area contributed by atoms with Crippen LogP contribution in [0.3, 0.4) is 0 Å². The zero-order valence-electron chi connectivity index (χ0n) is 15.6. The number of methoxy groups -OCH3 is 1. The van der Waals surface area contributed by atoms with E-state index in [0.29, 0.717) is 24.9 Å². The van der Waals surface area contributed by atoms with E-state index in [0.717, 1.165) is 31.6 Å². The Morgan fingerprint density at radius 2 is 2.19 bits per heavy atom. The molecule has 6 aliphatic rings. The number of rotatable bonds is 1. The molecule has 5 nitrogen and oxygen atoms in total. The second kappa shape index (κ2) is 4.65. The lowest BCUT2D eigenvalue weighted by Crippen LogP contribution is -2.75. The molecule has 5 heterocycles. The summed E-state index contributed by atoms with van der Waals surface area (Å²) in [5.74, 6) is 1.04. The fourth-order valence-corrected chi connectivity index (χ4v) is 7.89. The lowest BCUT2D eigenvalue weighted by Gasteiger charge is -2.63. The second-order valence-electron chi connectivity index (χ2n) is 9.10. The average Bonchev–Trinajstić information content (AvgIpc) is 3.13. The van der Waals surface area contributed by atoms with E-state index in [4.69, 9.17) is 9.47 Å². The van der Waals surface area contributed by atoms with Crippen molar-refractivity contribution in [2.24, 2.45) is 11.8 Å². The van der Waals surface area contributed by atoms with Gasteiger partial charge >= 0.3 is 0 Å². The lowest BCUT2D eigenvalue weighted by atomic mass is 9.51. The van der Waals surface area contributed by atoms with Crippen molar-refractivity contribution < 1.29 is 14.3 Å². The maximum Gasteiger partial charge on any atom is 0.229 e. The summed E-state index contributed by atoms with van der Waals surface area (Å²) in [7, 11) is 1.88. The predicted octanol–water partition coefficient (Wildman–Crippen LogP) is 2.07. The van der Waals surface area contributed by atoms with Crippen molar-refractivity contribution >= 4 is 11.6 Å². The van der Waals surface area contributed by atoms with Gasteiger partial charge in [-0.15, -0.1) is 0 Å². The molecule has 6 atom stereocenters. The number of hydrogen-bond donors (Lipinski definition) is 0. The van der Waals surface area contributed by atoms with Crippen molar-refractivity contribution in [3.8, 4) is 0 Å². The van der Waals surface area contributed by atoms with E-state index in [1.807, 2.05) is 7.11 Å². The first kappa shape index (κ1) is 15.3. The first-order valence-electron chi connectivity index (χ1n) is 10.2. The summed E-state index contributed by atoms with van der Waals surface area (Å²) < 4.78 is 12.7. The highest BCUT2D eigenvalue weighted by atomic mass is 16.5. The molecule has 5 aliphatic heterocycles. The normalized spacial score (nSPS) is 46.2. The number of amides is 1. The third-order valence-corrected chi connectivity index (χ3v) is 8.65. The molecule has 1 spiro atoms. The van der Waals surface area contributed by atoms with E-state index in [2.05, 4.69) is 40.1 Å². The number of benzene rings is 1. The molecule has 5 heteroatoms. The summed E-state index contributed by atoms with van der Waals surface area (Å²) in [6.07, 6.45) is 4.91. The Morgan fingerprint density at radius 3 is 3.07 bits per heavy atom. The number of carbonyl (C=O) groups excluding carboxylic acids is 1. The number of carbonyl (C=O) groups is 1. The molecule has 2 bridgehead atoms. The molecular formula is C22H24N2O3. The molecule has 1 unspecified atom stereocenters. The number of ether oxygens (including phenoxy) is 2. The van der Waals surface area contributed by atoms with E-state index < -0.39 is 0 Å². The Morgan fingerprint density at radius 1 is 1.30 bits per heavy atom. The number of piperidine rings is 2. The van der Waals surface area contributed by atoms with Gasteiger partial charge in [-0.2, -0.15) is 0 Å². The molecule has 1 aromatic carbocycles. The van der Waals surface area contributed by atoms with E-state index in [1.54, 1.807) is 0 Å². The highest BCUT2D eigenvalue weighted by molar-refractivity contribution is 5.99. The third kappa shape index (κ3) is 1.42. The fourth-order valence-electron chi connectivity index (χ4n) is 7.89. The Balaban J connectivity index is 1.58. The summed E-state index contributed by atoms with van der Waals surface area (Å²) in [5.41, 5.74) is 3.49. The van der Waals surface area contributed by atoms with Crippen LogP contribution >= 0.6 is 0 Å². The van der Waals surface area contributed by atoms with Crippen LogP contribution in [0.5, 0.6) is 0 Å². The van der Waals surface area contributed by atoms with Gasteiger partial charge in [-0.25, -0.2) is 0 Å². The predicted molar refractivity (Wildman–Crippen MR) is 99.4 cm³/mol. The lowest BCUT2D eigenvalue weighted by molar-refractivity contribution is -0.213. The van der Waals surface area contributed by atoms with Gasteiger partial charge in [0.25, 0.3) is 0 Å². The van der Waals surface area contributed by atoms with Crippen molar-refractivity contribution in [3.63, 3.8) is 0 Å². The topological polar surface area (TPSA) is 42.0 Å². The Labute approximate surface area is 158 Å². The molecule has 0 aromatic heterocycles. The van der Waals surface area contributed by atoms with Crippen LogP contribution in [0.1, 0.15) is 24.8 Å². The van der Waals surface area contributed by atoms with Crippen molar-refractivity contribution in [2.45, 2.75) is 42.5 Å². The molecule has 1 amide bonds. The van der Waals surface area contributed by atoms with Crippen LogP contribution < -0.4 is 4.90 Å². The van der Waals surface area contributed by atoms with Crippen LogP contribution in [0.2, 0.25) is 0 Å². The molecular weight excluding hydrogens is 340 g/mol. The molecule has 4 fully saturated rings. The Bertz CT molecular complexity index is 913. The summed E-state index contributed by atoms with van der Waals surface area (Å²) in [5, 5.41) is 0. The molecule has 0 N–H and O–H groups in total. The number of hydrogen-bond acceptors (Lipinski definition) is 4. The van der Waals surface area contributed by atoms with Crippen molar-refractivity contribution in [1.29, 1.82) is 0 Å². The second-order valence-corrected chi connectivity index (χ2v) is 9.10. The van der Waals surface area contributed by atoms with Crippen LogP contribution in [0.15, 0.2) is 35.9 Å². The molecule has 140 valence electrons. The first-order chi connectivity index (χ1) is 13.2. The highest BCUT2D eigenvalue weighted by Crippen LogP contribution is 2.69. The molecule has 1 aromatic rings. The summed E-state index contributed by atoms with van der Waals surface area (Å²) in [6.45, 7) is 2.65. The molecule has 3 saturated heterocycles. The van der Waals surface area contributed by atoms with Crippen molar-refractivity contribution in [1.82, 2.24) is 4.90 Å². The average molecular weight is 364 g/mol. The zero-order valence-corrected chi connectivity index (χ0v) is 15.6. The monoisotopic (exact) mass is 364 g/mol. The van der Waals surface area contributed by atoms with Gasteiger partial charge in [0.15, 0.2) is 0 Å². The molecule has 27 heavy (non-hydrogen) atoms. The van der Waals surface area contributed by atoms with E-state index in [1.165, 1.54) is 11.1 Å². The third-order valence-electron chi connectivity index (χ3n) is 8.65.